The van der Waals surface area contributed by atoms with Gasteiger partial charge in [0.05, 0.1) is 21.4 Å². The average molecular weight is 270 g/mol. The highest BCUT2D eigenvalue weighted by Gasteiger charge is 2.29. The van der Waals surface area contributed by atoms with E-state index >= 15 is 0 Å². The zero-order valence-corrected chi connectivity index (χ0v) is 11.2. The third-order valence-electron chi connectivity index (χ3n) is 3.55. The van der Waals surface area contributed by atoms with Gasteiger partial charge in [-0.2, -0.15) is 0 Å². The molecule has 0 atom stereocenters. The average Bonchev–Trinajstić information content (AvgIpc) is 3.01. The van der Waals surface area contributed by atoms with Crippen molar-refractivity contribution >= 4 is 22.4 Å². The van der Waals surface area contributed by atoms with E-state index in [2.05, 4.69) is 27.8 Å². The van der Waals surface area contributed by atoms with Gasteiger partial charge < -0.3 is 10.3 Å². The Bertz CT molecular complexity index is 725. The molecule has 19 heavy (non-hydrogen) atoms. The molecule has 0 spiro atoms. The van der Waals surface area contributed by atoms with Crippen molar-refractivity contribution in [1.82, 2.24) is 14.5 Å². The summed E-state index contributed by atoms with van der Waals surface area (Å²) in [5.41, 5.74) is 10.9. The number of benzene rings is 1. The van der Waals surface area contributed by atoms with Crippen LogP contribution in [0.1, 0.15) is 24.4 Å². The first-order valence-electron chi connectivity index (χ1n) is 6.46. The summed E-state index contributed by atoms with van der Waals surface area (Å²) in [6, 6.07) is 6.94. The van der Waals surface area contributed by atoms with Gasteiger partial charge in [0.2, 0.25) is 0 Å². The number of nitrogens with zero attached hydrogens (tertiary/aromatic N) is 3. The predicted molar refractivity (Wildman–Crippen MR) is 77.0 cm³/mol. The molecule has 4 rings (SSSR count). The molecule has 3 aromatic rings. The normalized spacial score (nSPS) is 15.2. The summed E-state index contributed by atoms with van der Waals surface area (Å²) in [5, 5.41) is 0. The lowest BCUT2D eigenvalue weighted by Gasteiger charge is -2.05. The molecule has 4 nitrogen and oxygen atoms in total. The fourth-order valence-electron chi connectivity index (χ4n) is 2.47. The molecular weight excluding hydrogens is 256 g/mol. The number of imidazole rings is 1. The van der Waals surface area contributed by atoms with E-state index in [9.17, 15) is 0 Å². The molecule has 1 aliphatic rings. The lowest BCUT2D eigenvalue weighted by atomic mass is 10.2. The molecule has 0 radical (unpaired) electrons. The van der Waals surface area contributed by atoms with Crippen LogP contribution in [0.4, 0.5) is 0 Å². The zero-order valence-electron chi connectivity index (χ0n) is 10.4. The Morgan fingerprint density at radius 1 is 1.37 bits per heavy atom. The van der Waals surface area contributed by atoms with Crippen molar-refractivity contribution < 1.29 is 0 Å². The van der Waals surface area contributed by atoms with Gasteiger partial charge in [-0.15, -0.1) is 11.3 Å². The van der Waals surface area contributed by atoms with E-state index in [-0.39, 0.29) is 0 Å². The van der Waals surface area contributed by atoms with Crippen LogP contribution in [-0.2, 0) is 6.54 Å². The van der Waals surface area contributed by atoms with Gasteiger partial charge in [-0.05, 0) is 30.5 Å². The Morgan fingerprint density at radius 3 is 2.95 bits per heavy atom. The number of rotatable bonds is 3. The second-order valence-corrected chi connectivity index (χ2v) is 5.82. The maximum Gasteiger partial charge on any atom is 0.153 e. The number of nitrogens with two attached hydrogens (primary N) is 1. The van der Waals surface area contributed by atoms with E-state index in [0.717, 1.165) is 21.8 Å². The first-order valence-corrected chi connectivity index (χ1v) is 7.34. The summed E-state index contributed by atoms with van der Waals surface area (Å²) in [4.78, 5) is 10.1. The molecule has 0 unspecified atom stereocenters. The van der Waals surface area contributed by atoms with E-state index in [1.807, 2.05) is 11.7 Å². The van der Waals surface area contributed by atoms with Crippen LogP contribution in [0.15, 0.2) is 29.9 Å². The highest BCUT2D eigenvalue weighted by molar-refractivity contribution is 7.13. The van der Waals surface area contributed by atoms with Gasteiger partial charge in [0.25, 0.3) is 0 Å². The largest absolute Gasteiger partial charge is 0.326 e. The minimum atomic E-state index is 0.558. The molecule has 96 valence electrons. The lowest BCUT2D eigenvalue weighted by Crippen LogP contribution is -1.97. The molecule has 1 aliphatic carbocycles. The fourth-order valence-corrected chi connectivity index (χ4v) is 3.08. The van der Waals surface area contributed by atoms with E-state index in [1.165, 1.54) is 18.4 Å². The van der Waals surface area contributed by atoms with Crippen molar-refractivity contribution in [2.45, 2.75) is 25.4 Å². The maximum absolute atomic E-state index is 5.71. The summed E-state index contributed by atoms with van der Waals surface area (Å²) in [6.07, 6.45) is 4.39. The van der Waals surface area contributed by atoms with Crippen molar-refractivity contribution in [3.05, 3.63) is 35.5 Å². The van der Waals surface area contributed by atoms with Crippen LogP contribution in [-0.4, -0.2) is 14.5 Å². The lowest BCUT2D eigenvalue weighted by molar-refractivity contribution is 0.776. The first kappa shape index (κ1) is 11.1. The van der Waals surface area contributed by atoms with Crippen molar-refractivity contribution in [1.29, 1.82) is 0 Å². The maximum atomic E-state index is 5.71. The fraction of sp³-hybridized carbons (Fsp3) is 0.286. The molecule has 1 aromatic carbocycles. The third kappa shape index (κ3) is 1.77. The summed E-state index contributed by atoms with van der Waals surface area (Å²) in [6.45, 7) is 0.558. The number of fused-ring (bicyclic) bond motifs is 1. The van der Waals surface area contributed by atoms with E-state index in [1.54, 1.807) is 11.3 Å². The van der Waals surface area contributed by atoms with Gasteiger partial charge >= 0.3 is 0 Å². The Hall–Kier alpha value is -1.72. The third-order valence-corrected chi connectivity index (χ3v) is 4.32. The summed E-state index contributed by atoms with van der Waals surface area (Å²) < 4.78 is 2.36. The summed E-state index contributed by atoms with van der Waals surface area (Å²) in [7, 11) is 0. The smallest absolute Gasteiger partial charge is 0.153 e. The van der Waals surface area contributed by atoms with Crippen LogP contribution < -0.4 is 5.73 Å². The molecular formula is C14H14N4S. The Balaban J connectivity index is 1.98. The molecule has 0 aliphatic heterocycles. The van der Waals surface area contributed by atoms with Crippen LogP contribution in [0, 0.1) is 0 Å². The molecule has 2 heterocycles. The quantitative estimate of drug-likeness (QED) is 0.796. The standard InChI is InChI=1S/C14H14N4S/c15-6-9-1-4-12-11(5-9)17-14(13-7-16-8-19-13)18(12)10-2-3-10/h1,4-5,7-8,10H,2-3,6,15H2. The summed E-state index contributed by atoms with van der Waals surface area (Å²) in [5.74, 6) is 1.05. The molecule has 0 saturated heterocycles. The molecule has 5 heteroatoms. The second-order valence-electron chi connectivity index (χ2n) is 4.93. The van der Waals surface area contributed by atoms with Crippen molar-refractivity contribution in [3.8, 4) is 10.7 Å². The van der Waals surface area contributed by atoms with Crippen molar-refractivity contribution in [2.24, 2.45) is 5.73 Å². The zero-order chi connectivity index (χ0) is 12.8. The van der Waals surface area contributed by atoms with E-state index < -0.39 is 0 Å². The van der Waals surface area contributed by atoms with Crippen molar-refractivity contribution in [3.63, 3.8) is 0 Å². The highest BCUT2D eigenvalue weighted by atomic mass is 32.1. The number of hydrogen-bond acceptors (Lipinski definition) is 4. The van der Waals surface area contributed by atoms with Crippen LogP contribution in [0.25, 0.3) is 21.7 Å². The van der Waals surface area contributed by atoms with Gasteiger partial charge in [-0.25, -0.2) is 4.98 Å². The van der Waals surface area contributed by atoms with Gasteiger partial charge in [-0.3, -0.25) is 4.98 Å². The Morgan fingerprint density at radius 2 is 2.26 bits per heavy atom. The SMILES string of the molecule is NCc1ccc2c(c1)nc(-c1cncs1)n2C1CC1. The van der Waals surface area contributed by atoms with Crippen LogP contribution in [0.3, 0.4) is 0 Å². The molecule has 1 fully saturated rings. The second kappa shape index (κ2) is 4.15. The first-order chi connectivity index (χ1) is 9.36. The van der Waals surface area contributed by atoms with Gasteiger partial charge in [0.15, 0.2) is 5.82 Å². The van der Waals surface area contributed by atoms with Gasteiger partial charge in [0.1, 0.15) is 0 Å². The topological polar surface area (TPSA) is 56.7 Å². The number of aromatic nitrogens is 3. The van der Waals surface area contributed by atoms with E-state index in [0.29, 0.717) is 12.6 Å². The molecule has 0 bridgehead atoms. The van der Waals surface area contributed by atoms with Gasteiger partial charge in [0, 0.05) is 18.8 Å². The minimum absolute atomic E-state index is 0.558. The predicted octanol–water partition coefficient (Wildman–Crippen LogP) is 2.95. The Labute approximate surface area is 114 Å². The highest BCUT2D eigenvalue weighted by Crippen LogP contribution is 2.41. The van der Waals surface area contributed by atoms with Crippen LogP contribution >= 0.6 is 11.3 Å². The molecule has 2 aromatic heterocycles. The molecule has 2 N–H and O–H groups in total. The summed E-state index contributed by atoms with van der Waals surface area (Å²) >= 11 is 1.64. The van der Waals surface area contributed by atoms with Crippen LogP contribution in [0.2, 0.25) is 0 Å². The molecule has 0 amide bonds. The molecule has 1 saturated carbocycles. The van der Waals surface area contributed by atoms with E-state index in [4.69, 9.17) is 10.7 Å². The van der Waals surface area contributed by atoms with Gasteiger partial charge in [-0.1, -0.05) is 6.07 Å². The monoisotopic (exact) mass is 270 g/mol. The Kier molecular flexibility index (Phi) is 2.43. The van der Waals surface area contributed by atoms with Crippen molar-refractivity contribution in [2.75, 3.05) is 0 Å². The van der Waals surface area contributed by atoms with Crippen LogP contribution in [0.5, 0.6) is 0 Å². The number of thiazole rings is 1. The number of hydrogen-bond donors (Lipinski definition) is 1. The minimum Gasteiger partial charge on any atom is -0.326 e.